The maximum Gasteiger partial charge on any atom is 0.360 e. The van der Waals surface area contributed by atoms with Gasteiger partial charge in [-0.3, -0.25) is 4.79 Å². The minimum Gasteiger partial charge on any atom is -0.481 e. The van der Waals surface area contributed by atoms with Crippen LogP contribution < -0.4 is 5.32 Å². The number of rotatable bonds is 6. The summed E-state index contributed by atoms with van der Waals surface area (Å²) in [6.45, 7) is 1.97. The molecule has 0 atom stereocenters. The first-order valence-electron chi connectivity index (χ1n) is 7.17. The minimum atomic E-state index is -0.860. The second-order valence-corrected chi connectivity index (χ2v) is 5.29. The molecule has 0 radical (unpaired) electrons. The zero-order valence-electron chi connectivity index (χ0n) is 12.1. The van der Waals surface area contributed by atoms with Crippen molar-refractivity contribution in [1.29, 1.82) is 0 Å². The molecule has 1 aliphatic rings. The number of nitrogens with zero attached hydrogens (tertiary/aromatic N) is 1. The fraction of sp³-hybridized carbons (Fsp3) is 0.643. The van der Waals surface area contributed by atoms with E-state index in [-0.39, 0.29) is 24.7 Å². The van der Waals surface area contributed by atoms with Gasteiger partial charge in [0.25, 0.3) is 6.01 Å². The van der Waals surface area contributed by atoms with Crippen molar-refractivity contribution in [1.82, 2.24) is 4.98 Å². The van der Waals surface area contributed by atoms with E-state index in [1.807, 2.05) is 0 Å². The van der Waals surface area contributed by atoms with Crippen molar-refractivity contribution in [2.24, 2.45) is 0 Å². The monoisotopic (exact) mass is 296 g/mol. The first kappa shape index (κ1) is 15.3. The lowest BCUT2D eigenvalue weighted by atomic mass is 9.79. The molecule has 1 aliphatic carbocycles. The third-order valence-electron chi connectivity index (χ3n) is 3.66. The van der Waals surface area contributed by atoms with Gasteiger partial charge in [0.1, 0.15) is 6.26 Å². The summed E-state index contributed by atoms with van der Waals surface area (Å²) in [5.74, 6) is -1.41. The van der Waals surface area contributed by atoms with Crippen molar-refractivity contribution in [3.63, 3.8) is 0 Å². The summed E-state index contributed by atoms with van der Waals surface area (Å²) in [5.41, 5.74) is -0.471. The van der Waals surface area contributed by atoms with Crippen LogP contribution in [0.25, 0.3) is 0 Å². The highest BCUT2D eigenvalue weighted by atomic mass is 16.5. The van der Waals surface area contributed by atoms with Gasteiger partial charge < -0.3 is 19.6 Å². The summed E-state index contributed by atoms with van der Waals surface area (Å²) in [5, 5.41) is 12.2. The number of anilines is 1. The number of oxazole rings is 1. The molecule has 1 fully saturated rings. The molecule has 0 amide bonds. The number of carboxylic acid groups (broad SMARTS) is 1. The van der Waals surface area contributed by atoms with Crippen molar-refractivity contribution in [3.8, 4) is 0 Å². The molecule has 2 rings (SSSR count). The van der Waals surface area contributed by atoms with Gasteiger partial charge in [-0.2, -0.15) is 4.98 Å². The molecule has 21 heavy (non-hydrogen) atoms. The van der Waals surface area contributed by atoms with Gasteiger partial charge in [0, 0.05) is 0 Å². The topological polar surface area (TPSA) is 102 Å². The quantitative estimate of drug-likeness (QED) is 0.777. The van der Waals surface area contributed by atoms with Gasteiger partial charge in [0.05, 0.1) is 18.6 Å². The number of carbonyl (C=O) groups is 2. The smallest absolute Gasteiger partial charge is 0.360 e. The molecule has 1 saturated carbocycles. The Balaban J connectivity index is 2.09. The molecule has 1 aromatic heterocycles. The van der Waals surface area contributed by atoms with Crippen LogP contribution in [0.4, 0.5) is 6.01 Å². The molecule has 0 unspecified atom stereocenters. The predicted octanol–water partition coefficient (Wildman–Crippen LogP) is 2.44. The maximum atomic E-state index is 11.5. The normalized spacial score (nSPS) is 17.2. The summed E-state index contributed by atoms with van der Waals surface area (Å²) in [6.07, 6.45) is 5.74. The van der Waals surface area contributed by atoms with E-state index in [1.165, 1.54) is 6.26 Å². The highest BCUT2D eigenvalue weighted by Crippen LogP contribution is 2.34. The van der Waals surface area contributed by atoms with Crippen LogP contribution in [0.3, 0.4) is 0 Å². The van der Waals surface area contributed by atoms with Crippen molar-refractivity contribution >= 4 is 18.0 Å². The van der Waals surface area contributed by atoms with Crippen LogP contribution in [0.2, 0.25) is 0 Å². The maximum absolute atomic E-state index is 11.5. The molecule has 0 bridgehead atoms. The lowest BCUT2D eigenvalue weighted by Gasteiger charge is -2.36. The number of ether oxygens (including phenoxy) is 1. The summed E-state index contributed by atoms with van der Waals surface area (Å²) < 4.78 is 10.1. The second-order valence-electron chi connectivity index (χ2n) is 5.29. The number of nitrogens with one attached hydrogen (secondary N) is 1. The van der Waals surface area contributed by atoms with E-state index in [2.05, 4.69) is 10.3 Å². The fourth-order valence-electron chi connectivity index (χ4n) is 2.72. The Hall–Kier alpha value is -2.05. The Morgan fingerprint density at radius 2 is 2.14 bits per heavy atom. The first-order chi connectivity index (χ1) is 10.0. The molecule has 0 spiro atoms. The van der Waals surface area contributed by atoms with E-state index >= 15 is 0 Å². The van der Waals surface area contributed by atoms with Crippen LogP contribution in [0.5, 0.6) is 0 Å². The standard InChI is InChI=1S/C14H20N2O5/c1-2-20-12(19)10-9-21-13(15-10)16-14(8-11(17)18)6-4-3-5-7-14/h9H,2-8H2,1H3,(H,15,16)(H,17,18). The molecule has 0 aliphatic heterocycles. The zero-order chi connectivity index (χ0) is 15.3. The minimum absolute atomic E-state index is 0.00409. The average molecular weight is 296 g/mol. The SMILES string of the molecule is CCOC(=O)c1coc(NC2(CC(=O)O)CCCCC2)n1. The van der Waals surface area contributed by atoms with E-state index in [0.717, 1.165) is 32.1 Å². The highest BCUT2D eigenvalue weighted by molar-refractivity contribution is 5.87. The molecule has 1 aromatic rings. The molecule has 2 N–H and O–H groups in total. The molecule has 7 heteroatoms. The van der Waals surface area contributed by atoms with Crippen molar-refractivity contribution in [2.75, 3.05) is 11.9 Å². The lowest BCUT2D eigenvalue weighted by molar-refractivity contribution is -0.138. The van der Waals surface area contributed by atoms with Gasteiger partial charge in [0.15, 0.2) is 5.69 Å². The Labute approximate surface area is 122 Å². The third-order valence-corrected chi connectivity index (χ3v) is 3.66. The number of aliphatic carboxylic acids is 1. The number of hydrogen-bond acceptors (Lipinski definition) is 6. The van der Waals surface area contributed by atoms with Crippen LogP contribution in [-0.4, -0.2) is 34.2 Å². The Morgan fingerprint density at radius 1 is 1.43 bits per heavy atom. The van der Waals surface area contributed by atoms with Gasteiger partial charge in [-0.15, -0.1) is 0 Å². The lowest BCUT2D eigenvalue weighted by Crippen LogP contribution is -2.42. The summed E-state index contributed by atoms with van der Waals surface area (Å²) >= 11 is 0. The second kappa shape index (κ2) is 6.60. The molecular weight excluding hydrogens is 276 g/mol. The number of hydrogen-bond donors (Lipinski definition) is 2. The number of carbonyl (C=O) groups excluding carboxylic acids is 1. The molecule has 116 valence electrons. The number of aromatic nitrogens is 1. The van der Waals surface area contributed by atoms with Crippen LogP contribution in [0, 0.1) is 0 Å². The first-order valence-corrected chi connectivity index (χ1v) is 7.17. The average Bonchev–Trinajstić information content (AvgIpc) is 2.87. The van der Waals surface area contributed by atoms with Gasteiger partial charge in [-0.1, -0.05) is 19.3 Å². The molecule has 0 saturated heterocycles. The van der Waals surface area contributed by atoms with E-state index in [9.17, 15) is 9.59 Å². The van der Waals surface area contributed by atoms with Crippen LogP contribution in [0.15, 0.2) is 10.7 Å². The molecule has 1 heterocycles. The zero-order valence-corrected chi connectivity index (χ0v) is 12.1. The highest BCUT2D eigenvalue weighted by Gasteiger charge is 2.35. The van der Waals surface area contributed by atoms with E-state index in [0.29, 0.717) is 0 Å². The summed E-state index contributed by atoms with van der Waals surface area (Å²) in [7, 11) is 0. The van der Waals surface area contributed by atoms with Gasteiger partial charge in [-0.05, 0) is 19.8 Å². The van der Waals surface area contributed by atoms with Crippen LogP contribution >= 0.6 is 0 Å². The van der Waals surface area contributed by atoms with Gasteiger partial charge in [-0.25, -0.2) is 4.79 Å². The Kier molecular flexibility index (Phi) is 4.82. The van der Waals surface area contributed by atoms with Gasteiger partial charge >= 0.3 is 11.9 Å². The van der Waals surface area contributed by atoms with Crippen molar-refractivity contribution < 1.29 is 23.8 Å². The third kappa shape index (κ3) is 3.96. The van der Waals surface area contributed by atoms with Crippen LogP contribution in [0.1, 0.15) is 55.9 Å². The molecular formula is C14H20N2O5. The molecule has 0 aromatic carbocycles. The Bertz CT molecular complexity index is 505. The largest absolute Gasteiger partial charge is 0.481 e. The predicted molar refractivity (Wildman–Crippen MR) is 74.2 cm³/mol. The summed E-state index contributed by atoms with van der Waals surface area (Å²) in [6, 6.07) is 0.168. The number of esters is 1. The van der Waals surface area contributed by atoms with Gasteiger partial charge in [0.2, 0.25) is 0 Å². The molecule has 7 nitrogen and oxygen atoms in total. The number of carboxylic acids is 1. The van der Waals surface area contributed by atoms with Crippen molar-refractivity contribution in [2.45, 2.75) is 51.0 Å². The van der Waals surface area contributed by atoms with E-state index in [4.69, 9.17) is 14.3 Å². The summed E-state index contributed by atoms with van der Waals surface area (Å²) in [4.78, 5) is 26.7. The Morgan fingerprint density at radius 3 is 2.76 bits per heavy atom. The van der Waals surface area contributed by atoms with Crippen molar-refractivity contribution in [3.05, 3.63) is 12.0 Å². The fourth-order valence-corrected chi connectivity index (χ4v) is 2.72. The van der Waals surface area contributed by atoms with E-state index in [1.54, 1.807) is 6.92 Å². The van der Waals surface area contributed by atoms with Crippen LogP contribution in [-0.2, 0) is 9.53 Å². The van der Waals surface area contributed by atoms with E-state index < -0.39 is 17.5 Å².